The molecule has 0 aromatic heterocycles. The zero-order valence-electron chi connectivity index (χ0n) is 12.8. The molecule has 3 rings (SSSR count). The van der Waals surface area contributed by atoms with Crippen LogP contribution in [0.4, 0.5) is 5.69 Å². The van der Waals surface area contributed by atoms with Crippen molar-refractivity contribution in [3.63, 3.8) is 0 Å². The summed E-state index contributed by atoms with van der Waals surface area (Å²) in [6.07, 6.45) is 0.175. The Morgan fingerprint density at radius 2 is 1.95 bits per heavy atom. The summed E-state index contributed by atoms with van der Waals surface area (Å²) in [7, 11) is 0. The number of hydrogen-bond donors (Lipinski definition) is 1. The molecule has 4 heteroatoms. The van der Waals surface area contributed by atoms with Gasteiger partial charge in [0.1, 0.15) is 0 Å². The normalized spacial score (nSPS) is 35.6. The van der Waals surface area contributed by atoms with Crippen molar-refractivity contribution in [1.82, 2.24) is 0 Å². The van der Waals surface area contributed by atoms with E-state index >= 15 is 0 Å². The van der Waals surface area contributed by atoms with E-state index in [0.717, 1.165) is 11.3 Å². The van der Waals surface area contributed by atoms with Crippen molar-refractivity contribution in [3.05, 3.63) is 29.8 Å². The number of carbonyl (C=O) groups is 1. The Morgan fingerprint density at radius 3 is 2.62 bits per heavy atom. The fraction of sp³-hybridized carbons (Fsp3) is 0.588. The number of carbonyl (C=O) groups excluding carboxylic acids is 1. The molecule has 114 valence electrons. The van der Waals surface area contributed by atoms with E-state index in [1.165, 1.54) is 0 Å². The summed E-state index contributed by atoms with van der Waals surface area (Å²) in [5.41, 5.74) is 1.70. The Kier molecular flexibility index (Phi) is 3.76. The fourth-order valence-corrected chi connectivity index (χ4v) is 3.64. The maximum absolute atomic E-state index is 13.0. The van der Waals surface area contributed by atoms with Gasteiger partial charge in [-0.25, -0.2) is 0 Å². The lowest BCUT2D eigenvalue weighted by Crippen LogP contribution is -2.44. The third-order valence-electron chi connectivity index (χ3n) is 5.01. The fourth-order valence-electron chi connectivity index (χ4n) is 3.64. The summed E-state index contributed by atoms with van der Waals surface area (Å²) < 4.78 is 5.81. The first-order valence-corrected chi connectivity index (χ1v) is 7.74. The van der Waals surface area contributed by atoms with Crippen LogP contribution in [0, 0.1) is 11.8 Å². The Labute approximate surface area is 125 Å². The molecule has 1 amide bonds. The van der Waals surface area contributed by atoms with E-state index in [1.54, 1.807) is 0 Å². The summed E-state index contributed by atoms with van der Waals surface area (Å²) in [6.45, 7) is 6.67. The van der Waals surface area contributed by atoms with E-state index in [1.807, 2.05) is 43.0 Å². The van der Waals surface area contributed by atoms with Gasteiger partial charge in [-0.2, -0.15) is 0 Å². The SMILES string of the molecule is CC1OC(C)C(C(=O)N2CCC(O)c3ccccc32)C1C. The number of para-hydroxylation sites is 1. The zero-order chi connectivity index (χ0) is 15.1. The van der Waals surface area contributed by atoms with E-state index in [-0.39, 0.29) is 30.0 Å². The quantitative estimate of drug-likeness (QED) is 0.864. The number of nitrogens with zero attached hydrogens (tertiary/aromatic N) is 1. The number of anilines is 1. The van der Waals surface area contributed by atoms with Gasteiger partial charge in [-0.15, -0.1) is 0 Å². The minimum Gasteiger partial charge on any atom is -0.388 e. The number of ether oxygens (including phenoxy) is 1. The van der Waals surface area contributed by atoms with Crippen LogP contribution in [-0.2, 0) is 9.53 Å². The average Bonchev–Trinajstić information content (AvgIpc) is 2.72. The van der Waals surface area contributed by atoms with Crippen molar-refractivity contribution in [3.8, 4) is 0 Å². The first-order valence-electron chi connectivity index (χ1n) is 7.74. The van der Waals surface area contributed by atoms with Gasteiger partial charge in [0.15, 0.2) is 0 Å². The summed E-state index contributed by atoms with van der Waals surface area (Å²) in [4.78, 5) is 14.8. The van der Waals surface area contributed by atoms with Gasteiger partial charge in [-0.1, -0.05) is 25.1 Å². The highest BCUT2D eigenvalue weighted by Crippen LogP contribution is 2.38. The van der Waals surface area contributed by atoms with Crippen LogP contribution >= 0.6 is 0 Å². The molecule has 1 aromatic carbocycles. The lowest BCUT2D eigenvalue weighted by Gasteiger charge is -2.35. The maximum atomic E-state index is 13.0. The van der Waals surface area contributed by atoms with Gasteiger partial charge in [-0.05, 0) is 32.3 Å². The molecule has 5 atom stereocenters. The maximum Gasteiger partial charge on any atom is 0.233 e. The molecule has 0 aliphatic carbocycles. The van der Waals surface area contributed by atoms with Crippen LogP contribution in [0.3, 0.4) is 0 Å². The van der Waals surface area contributed by atoms with E-state index in [4.69, 9.17) is 4.74 Å². The summed E-state index contributed by atoms with van der Waals surface area (Å²) >= 11 is 0. The van der Waals surface area contributed by atoms with Crippen LogP contribution in [0.5, 0.6) is 0 Å². The minimum atomic E-state index is -0.473. The molecule has 0 spiro atoms. The van der Waals surface area contributed by atoms with Gasteiger partial charge in [0.2, 0.25) is 5.91 Å². The second kappa shape index (κ2) is 5.43. The number of rotatable bonds is 1. The molecule has 2 aliphatic rings. The number of fused-ring (bicyclic) bond motifs is 1. The van der Waals surface area contributed by atoms with Gasteiger partial charge in [0.25, 0.3) is 0 Å². The minimum absolute atomic E-state index is 0.0542. The molecule has 0 radical (unpaired) electrons. The van der Waals surface area contributed by atoms with Crippen molar-refractivity contribution >= 4 is 11.6 Å². The number of aliphatic hydroxyl groups is 1. The van der Waals surface area contributed by atoms with Crippen LogP contribution in [0.2, 0.25) is 0 Å². The Balaban J connectivity index is 1.91. The molecule has 1 N–H and O–H groups in total. The summed E-state index contributed by atoms with van der Waals surface area (Å²) in [5.74, 6) is 0.230. The zero-order valence-corrected chi connectivity index (χ0v) is 12.8. The molecule has 0 bridgehead atoms. The Bertz CT molecular complexity index is 545. The van der Waals surface area contributed by atoms with Crippen molar-refractivity contribution in [1.29, 1.82) is 0 Å². The molecule has 4 nitrogen and oxygen atoms in total. The van der Waals surface area contributed by atoms with Crippen molar-refractivity contribution in [2.75, 3.05) is 11.4 Å². The van der Waals surface area contributed by atoms with E-state index in [9.17, 15) is 9.90 Å². The molecule has 5 unspecified atom stereocenters. The number of amides is 1. The molecule has 1 aromatic rings. The molecule has 0 saturated carbocycles. The highest BCUT2D eigenvalue weighted by Gasteiger charge is 2.44. The number of benzene rings is 1. The predicted molar refractivity (Wildman–Crippen MR) is 81.0 cm³/mol. The lowest BCUT2D eigenvalue weighted by atomic mass is 9.87. The Morgan fingerprint density at radius 1 is 1.24 bits per heavy atom. The van der Waals surface area contributed by atoms with E-state index < -0.39 is 6.10 Å². The molecule has 1 fully saturated rings. The van der Waals surface area contributed by atoms with Crippen LogP contribution < -0.4 is 4.90 Å². The van der Waals surface area contributed by atoms with Crippen LogP contribution in [0.15, 0.2) is 24.3 Å². The third kappa shape index (κ3) is 2.36. The Hall–Kier alpha value is -1.39. The van der Waals surface area contributed by atoms with E-state index in [2.05, 4.69) is 6.92 Å². The van der Waals surface area contributed by atoms with Crippen molar-refractivity contribution in [2.24, 2.45) is 11.8 Å². The van der Waals surface area contributed by atoms with Crippen LogP contribution in [0.25, 0.3) is 0 Å². The van der Waals surface area contributed by atoms with Gasteiger partial charge < -0.3 is 14.7 Å². The molecule has 1 saturated heterocycles. The van der Waals surface area contributed by atoms with Crippen LogP contribution in [-0.4, -0.2) is 29.8 Å². The molecule has 21 heavy (non-hydrogen) atoms. The molecule has 2 heterocycles. The first kappa shape index (κ1) is 14.5. The van der Waals surface area contributed by atoms with Crippen molar-refractivity contribution in [2.45, 2.75) is 45.5 Å². The second-order valence-corrected chi connectivity index (χ2v) is 6.28. The van der Waals surface area contributed by atoms with Crippen molar-refractivity contribution < 1.29 is 14.6 Å². The average molecular weight is 289 g/mol. The number of aliphatic hydroxyl groups excluding tert-OH is 1. The summed E-state index contributed by atoms with van der Waals surface area (Å²) in [5, 5.41) is 10.1. The van der Waals surface area contributed by atoms with Gasteiger partial charge in [-0.3, -0.25) is 4.79 Å². The van der Waals surface area contributed by atoms with Crippen LogP contribution in [0.1, 0.15) is 38.9 Å². The third-order valence-corrected chi connectivity index (χ3v) is 5.01. The highest BCUT2D eigenvalue weighted by molar-refractivity contribution is 5.97. The van der Waals surface area contributed by atoms with Gasteiger partial charge >= 0.3 is 0 Å². The van der Waals surface area contributed by atoms with E-state index in [0.29, 0.717) is 13.0 Å². The summed E-state index contributed by atoms with van der Waals surface area (Å²) in [6, 6.07) is 7.64. The second-order valence-electron chi connectivity index (χ2n) is 6.28. The van der Waals surface area contributed by atoms with Gasteiger partial charge in [0.05, 0.1) is 24.2 Å². The highest BCUT2D eigenvalue weighted by atomic mass is 16.5. The lowest BCUT2D eigenvalue weighted by molar-refractivity contribution is -0.124. The molecular formula is C17H23NO3. The smallest absolute Gasteiger partial charge is 0.233 e. The molecule has 2 aliphatic heterocycles. The number of hydrogen-bond acceptors (Lipinski definition) is 3. The predicted octanol–water partition coefficient (Wildman–Crippen LogP) is 2.52. The largest absolute Gasteiger partial charge is 0.388 e. The molecular weight excluding hydrogens is 266 g/mol. The standard InChI is InChI=1S/C17H23NO3/c1-10-11(2)21-12(3)16(10)17(20)18-9-8-15(19)13-6-4-5-7-14(13)18/h4-7,10-12,15-16,19H,8-9H2,1-3H3. The monoisotopic (exact) mass is 289 g/mol. The topological polar surface area (TPSA) is 49.8 Å². The first-order chi connectivity index (χ1) is 10.0. The van der Waals surface area contributed by atoms with Gasteiger partial charge in [0, 0.05) is 17.8 Å².